The maximum Gasteiger partial charge on any atom is 0.226 e. The quantitative estimate of drug-likeness (QED) is 0.577. The van der Waals surface area contributed by atoms with Crippen LogP contribution in [0.15, 0.2) is 36.4 Å². The van der Waals surface area contributed by atoms with Crippen molar-refractivity contribution in [2.75, 3.05) is 32.8 Å². The molecule has 1 N–H and O–H groups in total. The van der Waals surface area contributed by atoms with Crippen molar-refractivity contribution < 1.29 is 19.4 Å². The van der Waals surface area contributed by atoms with Crippen molar-refractivity contribution in [2.24, 2.45) is 11.3 Å². The minimum absolute atomic E-state index is 0.0371. The lowest BCUT2D eigenvalue weighted by Crippen LogP contribution is -2.53. The van der Waals surface area contributed by atoms with E-state index in [-0.39, 0.29) is 23.8 Å². The number of aliphatic hydroxyl groups excluding tert-OH is 1. The van der Waals surface area contributed by atoms with E-state index in [1.54, 1.807) is 0 Å². The molecule has 2 amide bonds. The summed E-state index contributed by atoms with van der Waals surface area (Å²) < 4.78 is 6.37. The molecule has 2 saturated heterocycles. The maximum absolute atomic E-state index is 13.7. The lowest BCUT2D eigenvalue weighted by atomic mass is 9.76. The number of ether oxygens (including phenoxy) is 1. The summed E-state index contributed by atoms with van der Waals surface area (Å²) >= 11 is 6.37. The molecule has 0 spiro atoms. The third-order valence-corrected chi connectivity index (χ3v) is 9.27. The first-order chi connectivity index (χ1) is 18.2. The van der Waals surface area contributed by atoms with Gasteiger partial charge >= 0.3 is 0 Å². The number of fused-ring (bicyclic) bond motifs is 1. The molecule has 6 nitrogen and oxygen atoms in total. The van der Waals surface area contributed by atoms with Crippen LogP contribution in [-0.4, -0.2) is 65.6 Å². The van der Waals surface area contributed by atoms with Gasteiger partial charge in [0, 0.05) is 49.0 Å². The number of aryl methyl sites for hydroxylation is 2. The minimum Gasteiger partial charge on any atom is -0.493 e. The number of carbonyl (C=O) groups is 2. The Morgan fingerprint density at radius 3 is 2.29 bits per heavy atom. The van der Waals surface area contributed by atoms with Gasteiger partial charge in [0.15, 0.2) is 0 Å². The molecular formula is C31H39ClN2O4. The van der Waals surface area contributed by atoms with Gasteiger partial charge in [0.1, 0.15) is 5.75 Å². The molecule has 2 fully saturated rings. The second-order valence-corrected chi connectivity index (χ2v) is 12.1. The molecule has 1 atom stereocenters. The van der Waals surface area contributed by atoms with Gasteiger partial charge in [-0.05, 0) is 86.8 Å². The van der Waals surface area contributed by atoms with E-state index < -0.39 is 5.41 Å². The predicted molar refractivity (Wildman–Crippen MR) is 148 cm³/mol. The first-order valence-electron chi connectivity index (χ1n) is 13.9. The summed E-state index contributed by atoms with van der Waals surface area (Å²) in [6, 6.07) is 12.2. The Bertz CT molecular complexity index is 1140. The van der Waals surface area contributed by atoms with Gasteiger partial charge in [-0.3, -0.25) is 9.59 Å². The molecule has 38 heavy (non-hydrogen) atoms. The summed E-state index contributed by atoms with van der Waals surface area (Å²) in [5.74, 6) is 0.987. The van der Waals surface area contributed by atoms with E-state index in [9.17, 15) is 14.7 Å². The van der Waals surface area contributed by atoms with Crippen LogP contribution in [0.5, 0.6) is 5.75 Å². The summed E-state index contributed by atoms with van der Waals surface area (Å²) in [7, 11) is 0. The van der Waals surface area contributed by atoms with E-state index in [4.69, 9.17) is 16.3 Å². The van der Waals surface area contributed by atoms with Crippen LogP contribution in [0.4, 0.5) is 0 Å². The van der Waals surface area contributed by atoms with Crippen LogP contribution in [-0.2, 0) is 22.4 Å². The second kappa shape index (κ2) is 11.3. The first-order valence-corrected chi connectivity index (χ1v) is 14.3. The molecule has 0 unspecified atom stereocenters. The zero-order valence-electron chi connectivity index (χ0n) is 22.5. The molecule has 0 radical (unpaired) electrons. The molecule has 3 aliphatic rings. The van der Waals surface area contributed by atoms with Crippen LogP contribution >= 0.6 is 11.6 Å². The number of aliphatic hydroxyl groups is 1. The van der Waals surface area contributed by atoms with E-state index in [0.29, 0.717) is 45.5 Å². The maximum atomic E-state index is 13.7. The Morgan fingerprint density at radius 1 is 1.03 bits per heavy atom. The molecule has 0 bridgehead atoms. The summed E-state index contributed by atoms with van der Waals surface area (Å²) in [6.45, 7) is 6.69. The zero-order valence-corrected chi connectivity index (χ0v) is 23.3. The average Bonchev–Trinajstić information content (AvgIpc) is 3.35. The Kier molecular flexibility index (Phi) is 8.01. The highest BCUT2D eigenvalue weighted by Crippen LogP contribution is 2.38. The number of halogens is 1. The highest BCUT2D eigenvalue weighted by atomic mass is 35.5. The molecule has 7 heteroatoms. The lowest BCUT2D eigenvalue weighted by Gasteiger charge is -2.44. The number of carbonyl (C=O) groups excluding carboxylic acids is 2. The van der Waals surface area contributed by atoms with Crippen molar-refractivity contribution in [1.82, 2.24) is 9.80 Å². The van der Waals surface area contributed by atoms with E-state index in [1.165, 1.54) is 11.1 Å². The Labute approximate surface area is 230 Å². The fourth-order valence-electron chi connectivity index (χ4n) is 6.47. The molecule has 1 aliphatic carbocycles. The number of benzene rings is 2. The van der Waals surface area contributed by atoms with Gasteiger partial charge < -0.3 is 19.6 Å². The standard InChI is InChI=1S/C31H39ClN2O4/c1-21-14-27(15-22(2)29(21)32)38-20-31(18-28(36)33-12-8-26(35)9-13-33)10-5-11-34(19-31)30(37)25-16-23-6-3-4-7-24(23)17-25/h3-4,6-7,14-15,25-26,35H,5,8-13,16-20H2,1-2H3/t31-/m0/s1. The lowest BCUT2D eigenvalue weighted by molar-refractivity contribution is -0.144. The van der Waals surface area contributed by atoms with Crippen molar-refractivity contribution in [3.63, 3.8) is 0 Å². The fraction of sp³-hybridized carbons (Fsp3) is 0.548. The van der Waals surface area contributed by atoms with Crippen LogP contribution < -0.4 is 4.74 Å². The van der Waals surface area contributed by atoms with Gasteiger partial charge in [-0.15, -0.1) is 0 Å². The Morgan fingerprint density at radius 2 is 1.66 bits per heavy atom. The van der Waals surface area contributed by atoms with E-state index in [2.05, 4.69) is 12.1 Å². The number of hydrogen-bond acceptors (Lipinski definition) is 4. The van der Waals surface area contributed by atoms with Crippen LogP contribution in [0.25, 0.3) is 0 Å². The van der Waals surface area contributed by atoms with Crippen molar-refractivity contribution in [2.45, 2.75) is 64.9 Å². The SMILES string of the molecule is Cc1cc(OC[C@]2(CC(=O)N3CCC(O)CC3)CCCN(C(=O)C3Cc4ccccc4C3)C2)cc(C)c1Cl. The number of piperidine rings is 2. The molecule has 2 heterocycles. The van der Waals surface area contributed by atoms with Gasteiger partial charge in [-0.25, -0.2) is 0 Å². The summed E-state index contributed by atoms with van der Waals surface area (Å²) in [6.07, 6.45) is 4.49. The number of rotatable bonds is 6. The topological polar surface area (TPSA) is 70.1 Å². The van der Waals surface area contributed by atoms with Gasteiger partial charge in [0.05, 0.1) is 12.7 Å². The van der Waals surface area contributed by atoms with Gasteiger partial charge in [0.25, 0.3) is 0 Å². The number of nitrogens with zero attached hydrogens (tertiary/aromatic N) is 2. The molecule has 204 valence electrons. The van der Waals surface area contributed by atoms with Crippen LogP contribution in [0.1, 0.15) is 54.4 Å². The minimum atomic E-state index is -0.464. The van der Waals surface area contributed by atoms with Crippen LogP contribution in [0, 0.1) is 25.2 Å². The average molecular weight is 539 g/mol. The van der Waals surface area contributed by atoms with Gasteiger partial charge in [-0.2, -0.15) is 0 Å². The summed E-state index contributed by atoms with van der Waals surface area (Å²) in [5.41, 5.74) is 4.00. The van der Waals surface area contributed by atoms with Crippen molar-refractivity contribution >= 4 is 23.4 Å². The normalized spacial score (nSPS) is 22.4. The van der Waals surface area contributed by atoms with Gasteiger partial charge in [0.2, 0.25) is 11.8 Å². The highest BCUT2D eigenvalue weighted by molar-refractivity contribution is 6.32. The largest absolute Gasteiger partial charge is 0.493 e. The molecule has 2 aliphatic heterocycles. The third-order valence-electron chi connectivity index (χ3n) is 8.67. The third kappa shape index (κ3) is 5.86. The number of likely N-dealkylation sites (tertiary alicyclic amines) is 2. The van der Waals surface area contributed by atoms with E-state index >= 15 is 0 Å². The zero-order chi connectivity index (χ0) is 26.9. The van der Waals surface area contributed by atoms with Crippen molar-refractivity contribution in [3.05, 3.63) is 63.7 Å². The predicted octanol–water partition coefficient (Wildman–Crippen LogP) is 4.73. The first kappa shape index (κ1) is 27.0. The van der Waals surface area contributed by atoms with E-state index in [0.717, 1.165) is 54.1 Å². The Hall–Kier alpha value is -2.57. The fourth-order valence-corrected chi connectivity index (χ4v) is 6.58. The van der Waals surface area contributed by atoms with Crippen molar-refractivity contribution in [1.29, 1.82) is 0 Å². The van der Waals surface area contributed by atoms with Crippen molar-refractivity contribution in [3.8, 4) is 5.75 Å². The molecule has 2 aromatic rings. The molecule has 2 aromatic carbocycles. The molecule has 5 rings (SSSR count). The monoisotopic (exact) mass is 538 g/mol. The van der Waals surface area contributed by atoms with E-state index in [1.807, 2.05) is 47.9 Å². The molecular weight excluding hydrogens is 500 g/mol. The highest BCUT2D eigenvalue weighted by Gasteiger charge is 2.43. The summed E-state index contributed by atoms with van der Waals surface area (Å²) in [5, 5.41) is 10.6. The molecule has 0 saturated carbocycles. The number of hydrogen-bond donors (Lipinski definition) is 1. The smallest absolute Gasteiger partial charge is 0.226 e. The van der Waals surface area contributed by atoms with Crippen LogP contribution in [0.3, 0.4) is 0 Å². The number of amides is 2. The van der Waals surface area contributed by atoms with Crippen LogP contribution in [0.2, 0.25) is 5.02 Å². The van der Waals surface area contributed by atoms with Gasteiger partial charge in [-0.1, -0.05) is 35.9 Å². The second-order valence-electron chi connectivity index (χ2n) is 11.7. The molecule has 0 aromatic heterocycles. The summed E-state index contributed by atoms with van der Waals surface area (Å²) in [4.78, 5) is 31.1. The Balaban J connectivity index is 1.33.